The molecule has 0 saturated carbocycles. The summed E-state index contributed by atoms with van der Waals surface area (Å²) in [5, 5.41) is 27.6. The summed E-state index contributed by atoms with van der Waals surface area (Å²) in [5.74, 6) is -5.51. The van der Waals surface area contributed by atoms with E-state index in [0.29, 0.717) is 37.7 Å². The number of hydrogen-bond donors (Lipinski definition) is 0. The van der Waals surface area contributed by atoms with Crippen LogP contribution in [0, 0.1) is 20.2 Å². The monoisotopic (exact) mass is 799 g/mol. The molecule has 2 heterocycles. The zero-order valence-corrected chi connectivity index (χ0v) is 31.4. The summed E-state index contributed by atoms with van der Waals surface area (Å²) in [6.45, 7) is 0. The maximum absolute atomic E-state index is 12.0. The Morgan fingerprint density at radius 2 is 1.38 bits per heavy atom. The molecular formula is C28H28N10NaO15S+. The van der Waals surface area contributed by atoms with E-state index in [4.69, 9.17) is 11.1 Å². The molecule has 0 spiro atoms. The number of nitro groups is 2. The molecule has 4 rings (SSSR count). The van der Waals surface area contributed by atoms with Gasteiger partial charge in [0.25, 0.3) is 35.0 Å². The van der Waals surface area contributed by atoms with Gasteiger partial charge in [-0.15, -0.1) is 10.1 Å². The molecule has 2 aliphatic heterocycles. The van der Waals surface area contributed by atoms with Gasteiger partial charge in [-0.25, -0.2) is 9.59 Å². The summed E-state index contributed by atoms with van der Waals surface area (Å²) in [7, 11) is -2.78. The van der Waals surface area contributed by atoms with Gasteiger partial charge in [-0.1, -0.05) is 45.9 Å². The third kappa shape index (κ3) is 13.1. The first-order valence-corrected chi connectivity index (χ1v) is 16.2. The number of imide groups is 2. The first-order valence-electron chi connectivity index (χ1n) is 15.1. The van der Waals surface area contributed by atoms with Crippen LogP contribution in [-0.4, -0.2) is 60.8 Å². The van der Waals surface area contributed by atoms with Crippen molar-refractivity contribution in [1.82, 2.24) is 10.1 Å². The van der Waals surface area contributed by atoms with E-state index in [-0.39, 0.29) is 81.5 Å². The van der Waals surface area contributed by atoms with Crippen molar-refractivity contribution < 1.29 is 91.7 Å². The van der Waals surface area contributed by atoms with Crippen molar-refractivity contribution in [1.29, 1.82) is 0 Å². The van der Waals surface area contributed by atoms with E-state index < -0.39 is 79.0 Å². The first-order chi connectivity index (χ1) is 25.2. The Morgan fingerprint density at radius 3 is 1.93 bits per heavy atom. The molecule has 0 aliphatic carbocycles. The van der Waals surface area contributed by atoms with Crippen LogP contribution in [0.25, 0.3) is 20.9 Å². The number of unbranched alkanes of at least 4 members (excludes halogenated alkanes) is 3. The van der Waals surface area contributed by atoms with E-state index in [0.717, 1.165) is 18.2 Å². The molecule has 0 aromatic heterocycles. The number of hydrogen-bond acceptors (Lipinski definition) is 17. The number of azide groups is 2. The second-order valence-corrected chi connectivity index (χ2v) is 11.8. The fraction of sp³-hybridized carbons (Fsp3) is 0.357. The third-order valence-electron chi connectivity index (χ3n) is 7.23. The van der Waals surface area contributed by atoms with E-state index in [1.54, 1.807) is 0 Å². The number of nitrogens with zero attached hydrogens (tertiary/aromatic N) is 10. The minimum absolute atomic E-state index is 0. The first kappa shape index (κ1) is 47.0. The smallest absolute Gasteiger partial charge is 0.457 e. The van der Waals surface area contributed by atoms with Crippen molar-refractivity contribution in [3.63, 3.8) is 0 Å². The molecule has 286 valence electrons. The van der Waals surface area contributed by atoms with Crippen LogP contribution in [-0.2, 0) is 64.7 Å². The third-order valence-corrected chi connectivity index (χ3v) is 8.06. The van der Waals surface area contributed by atoms with Gasteiger partial charge in [0.15, 0.2) is 0 Å². The van der Waals surface area contributed by atoms with Gasteiger partial charge < -0.3 is 23.6 Å². The van der Waals surface area contributed by atoms with Gasteiger partial charge >= 0.3 is 41.5 Å². The van der Waals surface area contributed by atoms with Crippen LogP contribution in [0.1, 0.15) is 67.3 Å². The average Bonchev–Trinajstić information content (AvgIpc) is 3.58. The molecule has 1 unspecified atom stereocenters. The van der Waals surface area contributed by atoms with E-state index in [9.17, 15) is 57.4 Å². The standard InChI is InChI=1S/C17H18N5O8S.C11H7N5O6.Na.H2O/c18-20-19-12-8-7-11(13(9-12)22(26)27)5-3-1-2-4-6-16(24)30-21-15(23)10-14(17(21)25)31(28)29;12-14-13-6-1-2-8(16(20)21)7(5-6)11(19)22-15-9(17)3-4-10(15)18;;/h7-9,14H,1-6,10H2;1-2,5H,3-4H2;;1H2/q-1;;+1;/p+1. The van der Waals surface area contributed by atoms with Crippen LogP contribution in [0.15, 0.2) is 46.6 Å². The van der Waals surface area contributed by atoms with E-state index >= 15 is 0 Å². The van der Waals surface area contributed by atoms with E-state index in [1.807, 2.05) is 0 Å². The van der Waals surface area contributed by atoms with Crippen LogP contribution in [0.2, 0.25) is 0 Å². The van der Waals surface area contributed by atoms with Crippen molar-refractivity contribution in [2.45, 2.75) is 63.0 Å². The van der Waals surface area contributed by atoms with Crippen molar-refractivity contribution >= 4 is 69.0 Å². The number of rotatable bonds is 15. The number of aryl methyl sites for hydroxylation is 1. The fourth-order valence-electron chi connectivity index (χ4n) is 4.71. The van der Waals surface area contributed by atoms with Crippen molar-refractivity contribution in [3.05, 3.63) is 88.6 Å². The van der Waals surface area contributed by atoms with Gasteiger partial charge in [-0.2, -0.15) is 0 Å². The number of benzene rings is 2. The SMILES string of the molecule is [N-]=[N+]=Nc1ccc(CCCCCCC(=O)ON2C(=O)CC([S-](=O)=O)C2=O)c([N+](=O)[O-])c1.[N-]=[N+]=Nc1ccc([N+](=O)[O-])c(C(=O)ON2C(=O)CCC2=O)c1.[Na+].[OH3+]. The van der Waals surface area contributed by atoms with E-state index in [1.165, 1.54) is 18.2 Å². The molecule has 2 aliphatic rings. The topological polar surface area (TPSA) is 378 Å². The second kappa shape index (κ2) is 22.3. The minimum Gasteiger partial charge on any atom is -0.457 e. The van der Waals surface area contributed by atoms with Gasteiger partial charge in [0, 0.05) is 69.8 Å². The van der Waals surface area contributed by atoms with Crippen molar-refractivity contribution in [3.8, 4) is 0 Å². The Hall–Kier alpha value is -6.01. The largest absolute Gasteiger partial charge is 1.00 e. The summed E-state index contributed by atoms with van der Waals surface area (Å²) in [6, 6.07) is 7.26. The van der Waals surface area contributed by atoms with Crippen molar-refractivity contribution in [2.24, 2.45) is 10.2 Å². The van der Waals surface area contributed by atoms with Crippen molar-refractivity contribution in [2.75, 3.05) is 0 Å². The van der Waals surface area contributed by atoms with Gasteiger partial charge in [-0.05, 0) is 42.5 Å². The molecule has 2 aromatic rings. The Balaban J connectivity index is 0.000000558. The van der Waals surface area contributed by atoms with Crippen LogP contribution in [0.4, 0.5) is 22.7 Å². The van der Waals surface area contributed by atoms with Crippen LogP contribution < -0.4 is 29.6 Å². The maximum Gasteiger partial charge on any atom is 1.00 e. The second-order valence-electron chi connectivity index (χ2n) is 10.7. The molecule has 0 radical (unpaired) electrons. The molecule has 2 aromatic carbocycles. The van der Waals surface area contributed by atoms with Crippen LogP contribution in [0.5, 0.6) is 0 Å². The number of carbonyl (C=O) groups is 6. The Labute approximate surface area is 331 Å². The Bertz CT molecular complexity index is 2030. The Morgan fingerprint density at radius 1 is 0.818 bits per heavy atom. The van der Waals surface area contributed by atoms with Crippen LogP contribution in [0.3, 0.4) is 0 Å². The fourth-order valence-corrected chi connectivity index (χ4v) is 5.25. The average molecular weight is 800 g/mol. The molecule has 4 amide bonds. The minimum atomic E-state index is -2.78. The molecule has 2 saturated heterocycles. The predicted molar refractivity (Wildman–Crippen MR) is 177 cm³/mol. The van der Waals surface area contributed by atoms with Gasteiger partial charge in [-0.3, -0.25) is 39.4 Å². The Kier molecular flexibility index (Phi) is 19.0. The summed E-state index contributed by atoms with van der Waals surface area (Å²) >= 11 is 0. The molecule has 25 nitrogen and oxygen atoms in total. The van der Waals surface area contributed by atoms with E-state index in [2.05, 4.69) is 29.7 Å². The normalized spacial score (nSPS) is 14.4. The van der Waals surface area contributed by atoms with Gasteiger partial charge in [0.2, 0.25) is 0 Å². The summed E-state index contributed by atoms with van der Waals surface area (Å²) in [4.78, 5) is 105. The molecule has 3 N–H and O–H groups in total. The predicted octanol–water partition coefficient (Wildman–Crippen LogP) is 0.764. The maximum atomic E-state index is 12.0. The quantitative estimate of drug-likeness (QED) is 0.0229. The zero-order chi connectivity index (χ0) is 39.2. The summed E-state index contributed by atoms with van der Waals surface area (Å²) in [5.41, 5.74) is 16.1. The molecule has 0 bridgehead atoms. The summed E-state index contributed by atoms with van der Waals surface area (Å²) < 4.78 is 21.7. The summed E-state index contributed by atoms with van der Waals surface area (Å²) in [6.07, 6.45) is 1.82. The number of amides is 4. The number of carbonyl (C=O) groups excluding carboxylic acids is 6. The molecular weight excluding hydrogens is 771 g/mol. The molecule has 55 heavy (non-hydrogen) atoms. The molecule has 1 atom stereocenters. The molecule has 27 heteroatoms. The molecule has 2 fully saturated rings. The number of nitro benzene ring substituents is 2. The zero-order valence-electron chi connectivity index (χ0n) is 28.6. The van der Waals surface area contributed by atoms with Gasteiger partial charge in [0.05, 0.1) is 9.85 Å². The van der Waals surface area contributed by atoms with Crippen LogP contribution >= 0.6 is 0 Å². The number of hydroxylamine groups is 4. The van der Waals surface area contributed by atoms with Gasteiger partial charge in [0.1, 0.15) is 5.56 Å².